The topological polar surface area (TPSA) is 32.3 Å². The smallest absolute Gasteiger partial charge is 0.0590 e. The van der Waals surface area contributed by atoms with Crippen LogP contribution < -0.4 is 5.32 Å². The highest BCUT2D eigenvalue weighted by molar-refractivity contribution is 7.10. The van der Waals surface area contributed by atoms with Gasteiger partial charge in [-0.2, -0.15) is 0 Å². The second-order valence-corrected chi connectivity index (χ2v) is 4.13. The summed E-state index contributed by atoms with van der Waals surface area (Å²) in [5.74, 6) is 0.537. The first-order valence-corrected chi connectivity index (χ1v) is 5.17. The number of nitrogens with one attached hydrogen (secondary N) is 1. The van der Waals surface area contributed by atoms with Gasteiger partial charge in [-0.05, 0) is 24.4 Å². The predicted molar refractivity (Wildman–Crippen MR) is 50.6 cm³/mol. The quantitative estimate of drug-likeness (QED) is 0.721. The normalized spacial score (nSPS) is 29.4. The molecule has 12 heavy (non-hydrogen) atoms. The van der Waals surface area contributed by atoms with Gasteiger partial charge in [-0.3, -0.25) is 0 Å². The van der Waals surface area contributed by atoms with Crippen molar-refractivity contribution in [3.05, 3.63) is 22.4 Å². The molecule has 1 saturated heterocycles. The minimum absolute atomic E-state index is 0.253. The van der Waals surface area contributed by atoms with Crippen molar-refractivity contribution >= 4 is 11.3 Å². The molecule has 0 aliphatic carbocycles. The lowest BCUT2D eigenvalue weighted by Crippen LogP contribution is -2.29. The Morgan fingerprint density at radius 3 is 3.25 bits per heavy atom. The van der Waals surface area contributed by atoms with E-state index in [4.69, 9.17) is 5.11 Å². The summed E-state index contributed by atoms with van der Waals surface area (Å²) in [5, 5.41) is 14.5. The maximum absolute atomic E-state index is 9.08. The Hall–Kier alpha value is -0.380. The third-order valence-corrected chi connectivity index (χ3v) is 3.46. The molecule has 2 heterocycles. The molecule has 0 amide bonds. The van der Waals surface area contributed by atoms with Crippen molar-refractivity contribution in [1.29, 1.82) is 0 Å². The van der Waals surface area contributed by atoms with Crippen molar-refractivity contribution < 1.29 is 5.11 Å². The van der Waals surface area contributed by atoms with Crippen LogP contribution in [-0.4, -0.2) is 24.3 Å². The van der Waals surface area contributed by atoms with Crippen molar-refractivity contribution in [2.75, 3.05) is 13.2 Å². The fourth-order valence-electron chi connectivity index (χ4n) is 1.80. The summed E-state index contributed by atoms with van der Waals surface area (Å²) < 4.78 is 0. The lowest BCUT2D eigenvalue weighted by Gasteiger charge is -2.14. The van der Waals surface area contributed by atoms with Crippen LogP contribution in [0, 0.1) is 0 Å². The van der Waals surface area contributed by atoms with E-state index < -0.39 is 0 Å². The predicted octanol–water partition coefficient (Wildman–Crippen LogP) is 1.19. The Kier molecular flexibility index (Phi) is 2.44. The molecule has 1 fully saturated rings. The van der Waals surface area contributed by atoms with E-state index in [9.17, 15) is 0 Å². The van der Waals surface area contributed by atoms with Gasteiger partial charge in [0.25, 0.3) is 0 Å². The van der Waals surface area contributed by atoms with Crippen molar-refractivity contribution in [2.45, 2.75) is 18.4 Å². The molecular formula is C9H13NOS. The second kappa shape index (κ2) is 3.56. The Bertz CT molecular complexity index is 235. The summed E-state index contributed by atoms with van der Waals surface area (Å²) in [7, 11) is 0. The number of hydrogen-bond acceptors (Lipinski definition) is 3. The minimum atomic E-state index is 0.253. The summed E-state index contributed by atoms with van der Waals surface area (Å²) in [5.41, 5.74) is 0. The van der Waals surface area contributed by atoms with Gasteiger partial charge < -0.3 is 10.4 Å². The van der Waals surface area contributed by atoms with Crippen LogP contribution in [0.25, 0.3) is 0 Å². The molecule has 1 aliphatic heterocycles. The van der Waals surface area contributed by atoms with E-state index in [0.717, 1.165) is 13.0 Å². The number of aliphatic hydroxyl groups is 1. The van der Waals surface area contributed by atoms with E-state index >= 15 is 0 Å². The fraction of sp³-hybridized carbons (Fsp3) is 0.556. The van der Waals surface area contributed by atoms with Crippen LogP contribution in [0.1, 0.15) is 17.2 Å². The Morgan fingerprint density at radius 2 is 2.58 bits per heavy atom. The molecule has 0 spiro atoms. The lowest BCUT2D eigenvalue weighted by atomic mass is 10.00. The first-order valence-electron chi connectivity index (χ1n) is 4.29. The van der Waals surface area contributed by atoms with Gasteiger partial charge in [0.05, 0.1) is 6.61 Å². The first kappa shape index (κ1) is 8.23. The highest BCUT2D eigenvalue weighted by atomic mass is 32.1. The zero-order valence-electron chi connectivity index (χ0n) is 6.86. The van der Waals surface area contributed by atoms with Gasteiger partial charge in [0.2, 0.25) is 0 Å². The van der Waals surface area contributed by atoms with Gasteiger partial charge in [0.15, 0.2) is 0 Å². The molecule has 1 aromatic rings. The average Bonchev–Trinajstić information content (AvgIpc) is 2.74. The second-order valence-electron chi connectivity index (χ2n) is 3.15. The number of rotatable bonds is 2. The summed E-state index contributed by atoms with van der Waals surface area (Å²) in [4.78, 5) is 1.40. The molecule has 66 valence electrons. The average molecular weight is 183 g/mol. The highest BCUT2D eigenvalue weighted by Crippen LogP contribution is 2.30. The first-order chi connectivity index (χ1) is 5.92. The van der Waals surface area contributed by atoms with E-state index in [1.54, 1.807) is 11.3 Å². The van der Waals surface area contributed by atoms with Crippen LogP contribution in [0.15, 0.2) is 17.5 Å². The van der Waals surface area contributed by atoms with Gasteiger partial charge in [0, 0.05) is 16.8 Å². The van der Waals surface area contributed by atoms with Crippen molar-refractivity contribution in [3.63, 3.8) is 0 Å². The summed E-state index contributed by atoms with van der Waals surface area (Å²) in [6, 6.07) is 4.52. The van der Waals surface area contributed by atoms with Crippen LogP contribution in [0.4, 0.5) is 0 Å². The summed E-state index contributed by atoms with van der Waals surface area (Å²) in [6.45, 7) is 1.29. The maximum atomic E-state index is 9.08. The highest BCUT2D eigenvalue weighted by Gasteiger charge is 2.27. The third-order valence-electron chi connectivity index (χ3n) is 2.45. The summed E-state index contributed by atoms with van der Waals surface area (Å²) in [6.07, 6.45) is 1.16. The van der Waals surface area contributed by atoms with Crippen LogP contribution >= 0.6 is 11.3 Å². The molecule has 2 nitrogen and oxygen atoms in total. The number of hydrogen-bond donors (Lipinski definition) is 2. The molecule has 2 rings (SSSR count). The molecular weight excluding hydrogens is 170 g/mol. The zero-order valence-corrected chi connectivity index (χ0v) is 7.68. The van der Waals surface area contributed by atoms with Gasteiger partial charge in [-0.1, -0.05) is 6.07 Å². The van der Waals surface area contributed by atoms with Crippen molar-refractivity contribution in [3.8, 4) is 0 Å². The van der Waals surface area contributed by atoms with E-state index in [2.05, 4.69) is 22.8 Å². The monoisotopic (exact) mass is 183 g/mol. The summed E-state index contributed by atoms with van der Waals surface area (Å²) >= 11 is 1.79. The van der Waals surface area contributed by atoms with Gasteiger partial charge in [-0.15, -0.1) is 11.3 Å². The molecule has 0 radical (unpaired) electrons. The third kappa shape index (κ3) is 1.40. The molecule has 0 saturated carbocycles. The van der Waals surface area contributed by atoms with Crippen molar-refractivity contribution in [1.82, 2.24) is 5.32 Å². The minimum Gasteiger partial charge on any atom is -0.395 e. The SMILES string of the molecule is OCC1NCCC1c1cccs1. The van der Waals surface area contributed by atoms with E-state index in [-0.39, 0.29) is 12.6 Å². The fourth-order valence-corrected chi connectivity index (χ4v) is 2.73. The van der Waals surface area contributed by atoms with E-state index in [1.165, 1.54) is 4.88 Å². The largest absolute Gasteiger partial charge is 0.395 e. The zero-order chi connectivity index (χ0) is 8.39. The van der Waals surface area contributed by atoms with Crippen LogP contribution in [0.3, 0.4) is 0 Å². The molecule has 2 N–H and O–H groups in total. The Morgan fingerprint density at radius 1 is 1.67 bits per heavy atom. The van der Waals surface area contributed by atoms with Gasteiger partial charge in [-0.25, -0.2) is 0 Å². The number of thiophene rings is 1. The van der Waals surface area contributed by atoms with Crippen LogP contribution in [-0.2, 0) is 0 Å². The molecule has 2 unspecified atom stereocenters. The lowest BCUT2D eigenvalue weighted by molar-refractivity contribution is 0.246. The van der Waals surface area contributed by atoms with Crippen molar-refractivity contribution in [2.24, 2.45) is 0 Å². The molecule has 1 aliphatic rings. The Balaban J connectivity index is 2.13. The standard InChI is InChI=1S/C9H13NOS/c11-6-8-7(3-4-10-8)9-2-1-5-12-9/h1-2,5,7-8,10-11H,3-4,6H2. The molecule has 2 atom stereocenters. The molecule has 1 aromatic heterocycles. The number of aliphatic hydroxyl groups excluding tert-OH is 1. The van der Waals surface area contributed by atoms with Gasteiger partial charge in [0.1, 0.15) is 0 Å². The molecule has 3 heteroatoms. The van der Waals surface area contributed by atoms with E-state index in [1.807, 2.05) is 0 Å². The maximum Gasteiger partial charge on any atom is 0.0590 e. The molecule has 0 aromatic carbocycles. The van der Waals surface area contributed by atoms with Gasteiger partial charge >= 0.3 is 0 Å². The molecule has 0 bridgehead atoms. The van der Waals surface area contributed by atoms with Crippen LogP contribution in [0.5, 0.6) is 0 Å². The Labute approximate surface area is 76.2 Å². The van der Waals surface area contributed by atoms with E-state index in [0.29, 0.717) is 5.92 Å². The van der Waals surface area contributed by atoms with Crippen LogP contribution in [0.2, 0.25) is 0 Å².